The summed E-state index contributed by atoms with van der Waals surface area (Å²) in [6.07, 6.45) is -3.58. The van der Waals surface area contributed by atoms with Gasteiger partial charge in [-0.3, -0.25) is 4.79 Å². The molecular formula is C18H19F3N4O3S2. The molecule has 2 aromatic rings. The van der Waals surface area contributed by atoms with Gasteiger partial charge in [0.25, 0.3) is 0 Å². The van der Waals surface area contributed by atoms with Crippen molar-refractivity contribution in [2.45, 2.75) is 17.1 Å². The number of aromatic nitrogens is 2. The van der Waals surface area contributed by atoms with Crippen molar-refractivity contribution in [1.29, 1.82) is 0 Å². The lowest BCUT2D eigenvalue weighted by atomic mass is 10.2. The molecule has 0 atom stereocenters. The molecule has 0 radical (unpaired) electrons. The molecule has 1 saturated heterocycles. The monoisotopic (exact) mass is 460 g/mol. The molecule has 30 heavy (non-hydrogen) atoms. The fourth-order valence-corrected chi connectivity index (χ4v) is 5.13. The number of hydrogen-bond acceptors (Lipinski definition) is 6. The third-order valence-electron chi connectivity index (χ3n) is 4.43. The second-order valence-electron chi connectivity index (χ2n) is 6.53. The number of halogens is 3. The van der Waals surface area contributed by atoms with Crippen LogP contribution in [-0.2, 0) is 26.7 Å². The van der Waals surface area contributed by atoms with Crippen LogP contribution in [0.2, 0.25) is 0 Å². The second kappa shape index (κ2) is 9.31. The van der Waals surface area contributed by atoms with E-state index in [2.05, 4.69) is 9.97 Å². The average molecular weight is 461 g/mol. The summed E-state index contributed by atoms with van der Waals surface area (Å²) in [6, 6.07) is 9.60. The highest BCUT2D eigenvalue weighted by molar-refractivity contribution is 7.99. The second-order valence-corrected chi connectivity index (χ2v) is 9.44. The van der Waals surface area contributed by atoms with Gasteiger partial charge in [0.05, 0.1) is 11.5 Å². The number of rotatable bonds is 6. The lowest BCUT2D eigenvalue weighted by Crippen LogP contribution is -2.51. The summed E-state index contributed by atoms with van der Waals surface area (Å²) in [6.45, 7) is 0.783. The minimum atomic E-state index is -4.58. The standard InChI is InChI=1S/C18H19F3N4O3S2/c19-18(20,21)15-6-7-22-17(23-15)29-12-16(26)24-8-10-25(11-9-24)30(27,28)13-14-4-2-1-3-5-14/h1-7H,8-13H2. The zero-order valence-corrected chi connectivity index (χ0v) is 17.4. The van der Waals surface area contributed by atoms with E-state index in [1.807, 2.05) is 6.07 Å². The van der Waals surface area contributed by atoms with Crippen LogP contribution in [-0.4, -0.2) is 65.4 Å². The highest BCUT2D eigenvalue weighted by atomic mass is 32.2. The first kappa shape index (κ1) is 22.5. The first-order valence-electron chi connectivity index (χ1n) is 8.98. The first-order chi connectivity index (χ1) is 14.1. The van der Waals surface area contributed by atoms with E-state index >= 15 is 0 Å². The van der Waals surface area contributed by atoms with Crippen LogP contribution < -0.4 is 0 Å². The van der Waals surface area contributed by atoms with E-state index in [4.69, 9.17) is 0 Å². The lowest BCUT2D eigenvalue weighted by Gasteiger charge is -2.34. The Morgan fingerprint density at radius 1 is 1.07 bits per heavy atom. The Hall–Kier alpha value is -2.18. The molecule has 7 nitrogen and oxygen atoms in total. The molecule has 0 N–H and O–H groups in total. The van der Waals surface area contributed by atoms with E-state index in [1.165, 1.54) is 9.21 Å². The van der Waals surface area contributed by atoms with E-state index < -0.39 is 21.9 Å². The third-order valence-corrected chi connectivity index (χ3v) is 7.12. The number of sulfonamides is 1. The van der Waals surface area contributed by atoms with Crippen molar-refractivity contribution in [3.63, 3.8) is 0 Å². The van der Waals surface area contributed by atoms with Crippen LogP contribution in [0.4, 0.5) is 13.2 Å². The van der Waals surface area contributed by atoms with Gasteiger partial charge in [0.1, 0.15) is 5.69 Å². The highest BCUT2D eigenvalue weighted by Gasteiger charge is 2.33. The molecule has 0 aliphatic carbocycles. The summed E-state index contributed by atoms with van der Waals surface area (Å²) < 4.78 is 64.6. The minimum Gasteiger partial charge on any atom is -0.339 e. The maximum atomic E-state index is 12.7. The van der Waals surface area contributed by atoms with Crippen molar-refractivity contribution in [2.24, 2.45) is 0 Å². The molecule has 12 heteroatoms. The molecule has 1 amide bonds. The van der Waals surface area contributed by atoms with E-state index in [-0.39, 0.29) is 48.7 Å². The summed E-state index contributed by atoms with van der Waals surface area (Å²) in [7, 11) is -3.50. The van der Waals surface area contributed by atoms with Crippen LogP contribution in [0, 0.1) is 0 Å². The van der Waals surface area contributed by atoms with Gasteiger partial charge in [-0.2, -0.15) is 17.5 Å². The SMILES string of the molecule is O=C(CSc1nccc(C(F)(F)F)n1)N1CCN(S(=O)(=O)Cc2ccccc2)CC1. The van der Waals surface area contributed by atoms with Gasteiger partial charge in [-0.1, -0.05) is 42.1 Å². The predicted molar refractivity (Wildman–Crippen MR) is 105 cm³/mol. The number of carbonyl (C=O) groups is 1. The smallest absolute Gasteiger partial charge is 0.339 e. The fourth-order valence-electron chi connectivity index (χ4n) is 2.88. The molecule has 0 unspecified atom stereocenters. The minimum absolute atomic E-state index is 0.107. The Morgan fingerprint density at radius 2 is 1.73 bits per heavy atom. The van der Waals surface area contributed by atoms with Gasteiger partial charge in [0, 0.05) is 32.4 Å². The predicted octanol–water partition coefficient (Wildman–Crippen LogP) is 2.26. The quantitative estimate of drug-likeness (QED) is 0.486. The molecule has 1 aromatic heterocycles. The molecule has 0 saturated carbocycles. The molecule has 1 fully saturated rings. The topological polar surface area (TPSA) is 83.5 Å². The molecule has 1 aliphatic rings. The maximum absolute atomic E-state index is 12.7. The maximum Gasteiger partial charge on any atom is 0.433 e. The van der Waals surface area contributed by atoms with Crippen molar-refractivity contribution in [2.75, 3.05) is 31.9 Å². The molecule has 0 spiro atoms. The average Bonchev–Trinajstić information content (AvgIpc) is 2.72. The summed E-state index contributed by atoms with van der Waals surface area (Å²) >= 11 is 0.815. The number of amides is 1. The first-order valence-corrected chi connectivity index (χ1v) is 11.6. The largest absolute Gasteiger partial charge is 0.433 e. The number of carbonyl (C=O) groups excluding carboxylic acids is 1. The fraction of sp³-hybridized carbons (Fsp3) is 0.389. The zero-order chi connectivity index (χ0) is 21.8. The molecule has 1 aliphatic heterocycles. The van der Waals surface area contributed by atoms with Crippen molar-refractivity contribution in [3.8, 4) is 0 Å². The molecule has 1 aromatic carbocycles. The van der Waals surface area contributed by atoms with E-state index in [0.29, 0.717) is 5.56 Å². The van der Waals surface area contributed by atoms with Crippen LogP contribution in [0.1, 0.15) is 11.3 Å². The summed E-state index contributed by atoms with van der Waals surface area (Å²) in [4.78, 5) is 21.0. The van der Waals surface area contributed by atoms with Gasteiger partial charge >= 0.3 is 6.18 Å². The molecule has 3 rings (SSSR count). The van der Waals surface area contributed by atoms with Gasteiger partial charge in [-0.05, 0) is 11.6 Å². The van der Waals surface area contributed by atoms with Crippen LogP contribution in [0.25, 0.3) is 0 Å². The number of piperazine rings is 1. The zero-order valence-electron chi connectivity index (χ0n) is 15.7. The summed E-state index contributed by atoms with van der Waals surface area (Å²) in [5.74, 6) is -0.538. The van der Waals surface area contributed by atoms with Gasteiger partial charge < -0.3 is 4.90 Å². The van der Waals surface area contributed by atoms with E-state index in [9.17, 15) is 26.4 Å². The van der Waals surface area contributed by atoms with E-state index in [0.717, 1.165) is 24.0 Å². The van der Waals surface area contributed by atoms with Crippen LogP contribution in [0.15, 0.2) is 47.8 Å². The number of thioether (sulfide) groups is 1. The third kappa shape index (κ3) is 5.92. The Morgan fingerprint density at radius 3 is 2.37 bits per heavy atom. The van der Waals surface area contributed by atoms with Crippen molar-refractivity contribution >= 4 is 27.7 Å². The van der Waals surface area contributed by atoms with Gasteiger partial charge in [0.15, 0.2) is 5.16 Å². The van der Waals surface area contributed by atoms with Gasteiger partial charge in [-0.15, -0.1) is 0 Å². The van der Waals surface area contributed by atoms with Gasteiger partial charge in [0.2, 0.25) is 15.9 Å². The molecule has 0 bridgehead atoms. The molecule has 162 valence electrons. The molecular weight excluding hydrogens is 441 g/mol. The van der Waals surface area contributed by atoms with Crippen molar-refractivity contribution in [1.82, 2.24) is 19.2 Å². The normalized spacial score (nSPS) is 15.9. The Balaban J connectivity index is 1.51. The van der Waals surface area contributed by atoms with E-state index in [1.54, 1.807) is 24.3 Å². The van der Waals surface area contributed by atoms with Crippen LogP contribution in [0.5, 0.6) is 0 Å². The number of alkyl halides is 3. The van der Waals surface area contributed by atoms with Crippen LogP contribution in [0.3, 0.4) is 0 Å². The number of hydrogen-bond donors (Lipinski definition) is 0. The van der Waals surface area contributed by atoms with Crippen LogP contribution >= 0.6 is 11.8 Å². The Labute approximate surface area is 176 Å². The number of benzene rings is 1. The van der Waals surface area contributed by atoms with Gasteiger partial charge in [-0.25, -0.2) is 18.4 Å². The highest BCUT2D eigenvalue weighted by Crippen LogP contribution is 2.28. The molecule has 2 heterocycles. The van der Waals surface area contributed by atoms with Crippen molar-refractivity contribution < 1.29 is 26.4 Å². The Kier molecular flexibility index (Phi) is 6.98. The Bertz CT molecular complexity index is 980. The number of nitrogens with zero attached hydrogens (tertiary/aromatic N) is 4. The summed E-state index contributed by atoms with van der Waals surface area (Å²) in [5, 5.41) is -0.137. The lowest BCUT2D eigenvalue weighted by molar-refractivity contribution is -0.141. The van der Waals surface area contributed by atoms with Crippen molar-refractivity contribution in [3.05, 3.63) is 53.9 Å². The summed E-state index contributed by atoms with van der Waals surface area (Å²) in [5.41, 5.74) is -0.377.